The molecule has 6 heteroatoms. The van der Waals surface area contributed by atoms with Crippen molar-refractivity contribution in [2.45, 2.75) is 12.5 Å². The van der Waals surface area contributed by atoms with E-state index >= 15 is 0 Å². The van der Waals surface area contributed by atoms with E-state index in [9.17, 15) is 4.79 Å². The maximum Gasteiger partial charge on any atom is 0.250 e. The summed E-state index contributed by atoms with van der Waals surface area (Å²) in [6.45, 7) is -0.0472. The number of hydrogen-bond donors (Lipinski definition) is 3. The van der Waals surface area contributed by atoms with Gasteiger partial charge in [-0.2, -0.15) is 0 Å². The number of primary amides is 1. The molecule has 1 atom stereocenters. The van der Waals surface area contributed by atoms with Gasteiger partial charge >= 0.3 is 0 Å². The standard InChI is InChI=1S/C15H17N3O3/c16-12(9-19)7-10-1-4-13(5-2-10)21-14-6-3-11(8-18-14)15(17)20/h1-6,8,12,19H,7,9,16H2,(H2,17,20). The number of aliphatic hydroxyl groups excluding tert-OH is 1. The molecular weight excluding hydrogens is 270 g/mol. The second-order valence-corrected chi connectivity index (χ2v) is 4.64. The number of carbonyl (C=O) groups excluding carboxylic acids is 1. The zero-order chi connectivity index (χ0) is 15.2. The fraction of sp³-hybridized carbons (Fsp3) is 0.200. The number of benzene rings is 1. The molecule has 1 heterocycles. The third kappa shape index (κ3) is 4.27. The van der Waals surface area contributed by atoms with E-state index in [0.29, 0.717) is 23.6 Å². The summed E-state index contributed by atoms with van der Waals surface area (Å²) in [7, 11) is 0. The summed E-state index contributed by atoms with van der Waals surface area (Å²) in [5.74, 6) is 0.467. The fourth-order valence-corrected chi connectivity index (χ4v) is 1.77. The summed E-state index contributed by atoms with van der Waals surface area (Å²) in [4.78, 5) is 14.9. The van der Waals surface area contributed by atoms with Crippen molar-refractivity contribution in [3.05, 3.63) is 53.7 Å². The molecule has 0 fully saturated rings. The lowest BCUT2D eigenvalue weighted by Crippen LogP contribution is -2.26. The predicted octanol–water partition coefficient (Wildman–Crippen LogP) is 0.835. The Balaban J connectivity index is 2.01. The van der Waals surface area contributed by atoms with Gasteiger partial charge in [0, 0.05) is 18.3 Å². The maximum absolute atomic E-state index is 10.9. The van der Waals surface area contributed by atoms with Gasteiger partial charge in [-0.3, -0.25) is 4.79 Å². The molecule has 0 saturated heterocycles. The number of amides is 1. The summed E-state index contributed by atoms with van der Waals surface area (Å²) in [6.07, 6.45) is 1.97. The maximum atomic E-state index is 10.9. The summed E-state index contributed by atoms with van der Waals surface area (Å²) < 4.78 is 5.56. The lowest BCUT2D eigenvalue weighted by Gasteiger charge is -2.09. The van der Waals surface area contributed by atoms with Crippen molar-refractivity contribution in [2.24, 2.45) is 11.5 Å². The molecule has 0 aliphatic rings. The average Bonchev–Trinajstić information content (AvgIpc) is 2.49. The Morgan fingerprint density at radius 2 is 1.95 bits per heavy atom. The Bertz CT molecular complexity index is 597. The quantitative estimate of drug-likeness (QED) is 0.728. The number of pyridine rings is 1. The van der Waals surface area contributed by atoms with Crippen LogP contribution in [0.4, 0.5) is 0 Å². The molecule has 0 bridgehead atoms. The van der Waals surface area contributed by atoms with Gasteiger partial charge in [0.1, 0.15) is 5.75 Å². The Kier molecular flexibility index (Phi) is 4.86. The van der Waals surface area contributed by atoms with Crippen molar-refractivity contribution in [1.29, 1.82) is 0 Å². The fourth-order valence-electron chi connectivity index (χ4n) is 1.77. The van der Waals surface area contributed by atoms with Crippen LogP contribution in [0.25, 0.3) is 0 Å². The van der Waals surface area contributed by atoms with Crippen LogP contribution in [0, 0.1) is 0 Å². The number of nitrogens with zero attached hydrogens (tertiary/aromatic N) is 1. The molecule has 0 aliphatic heterocycles. The smallest absolute Gasteiger partial charge is 0.250 e. The van der Waals surface area contributed by atoms with E-state index in [2.05, 4.69) is 4.98 Å². The zero-order valence-electron chi connectivity index (χ0n) is 11.4. The first-order valence-corrected chi connectivity index (χ1v) is 6.47. The molecule has 21 heavy (non-hydrogen) atoms. The molecule has 0 spiro atoms. The normalized spacial score (nSPS) is 11.9. The van der Waals surface area contributed by atoms with Crippen LogP contribution in [-0.4, -0.2) is 28.6 Å². The van der Waals surface area contributed by atoms with Crippen LogP contribution in [0.1, 0.15) is 15.9 Å². The first-order chi connectivity index (χ1) is 10.1. The van der Waals surface area contributed by atoms with Gasteiger partial charge < -0.3 is 21.3 Å². The summed E-state index contributed by atoms with van der Waals surface area (Å²) >= 11 is 0. The van der Waals surface area contributed by atoms with E-state index in [-0.39, 0.29) is 12.6 Å². The molecular formula is C15H17N3O3. The molecule has 2 rings (SSSR count). The molecule has 1 aromatic carbocycles. The number of ether oxygens (including phenoxy) is 1. The summed E-state index contributed by atoms with van der Waals surface area (Å²) in [5.41, 5.74) is 12.2. The molecule has 1 aromatic heterocycles. The highest BCUT2D eigenvalue weighted by Gasteiger charge is 2.05. The molecule has 1 unspecified atom stereocenters. The minimum atomic E-state index is -0.529. The summed E-state index contributed by atoms with van der Waals surface area (Å²) in [6, 6.07) is 10.2. The highest BCUT2D eigenvalue weighted by Crippen LogP contribution is 2.20. The predicted molar refractivity (Wildman–Crippen MR) is 78.0 cm³/mol. The highest BCUT2D eigenvalue weighted by atomic mass is 16.5. The van der Waals surface area contributed by atoms with Crippen molar-refractivity contribution in [3.63, 3.8) is 0 Å². The van der Waals surface area contributed by atoms with E-state index in [0.717, 1.165) is 5.56 Å². The second-order valence-electron chi connectivity index (χ2n) is 4.64. The van der Waals surface area contributed by atoms with Crippen molar-refractivity contribution >= 4 is 5.91 Å². The first-order valence-electron chi connectivity index (χ1n) is 6.47. The molecule has 5 N–H and O–H groups in total. The van der Waals surface area contributed by atoms with Gasteiger partial charge in [-0.1, -0.05) is 12.1 Å². The molecule has 0 aliphatic carbocycles. The number of hydrogen-bond acceptors (Lipinski definition) is 5. The highest BCUT2D eigenvalue weighted by molar-refractivity contribution is 5.92. The lowest BCUT2D eigenvalue weighted by molar-refractivity contribution is 0.1000. The topological polar surface area (TPSA) is 111 Å². The Hall–Kier alpha value is -2.44. The SMILES string of the molecule is NC(=O)c1ccc(Oc2ccc(CC(N)CO)cc2)nc1. The van der Waals surface area contributed by atoms with Gasteiger partial charge in [0.05, 0.1) is 12.2 Å². The van der Waals surface area contributed by atoms with E-state index in [1.807, 2.05) is 12.1 Å². The van der Waals surface area contributed by atoms with Crippen LogP contribution >= 0.6 is 0 Å². The van der Waals surface area contributed by atoms with Gasteiger partial charge in [-0.15, -0.1) is 0 Å². The average molecular weight is 287 g/mol. The minimum absolute atomic E-state index is 0.0472. The molecule has 110 valence electrons. The first kappa shape index (κ1) is 15.0. The van der Waals surface area contributed by atoms with Gasteiger partial charge in [0.2, 0.25) is 11.8 Å². The van der Waals surface area contributed by atoms with Crippen molar-refractivity contribution in [2.75, 3.05) is 6.61 Å². The molecule has 0 radical (unpaired) electrons. The van der Waals surface area contributed by atoms with Gasteiger partial charge in [0.15, 0.2) is 0 Å². The van der Waals surface area contributed by atoms with Crippen LogP contribution in [0.5, 0.6) is 11.6 Å². The number of rotatable bonds is 6. The Labute approximate surface area is 122 Å². The lowest BCUT2D eigenvalue weighted by atomic mass is 10.1. The van der Waals surface area contributed by atoms with Gasteiger partial charge in [-0.05, 0) is 30.2 Å². The van der Waals surface area contributed by atoms with E-state index < -0.39 is 5.91 Å². The second kappa shape index (κ2) is 6.83. The minimum Gasteiger partial charge on any atom is -0.439 e. The molecule has 6 nitrogen and oxygen atoms in total. The molecule has 2 aromatic rings. The van der Waals surface area contributed by atoms with Crippen LogP contribution in [-0.2, 0) is 6.42 Å². The Morgan fingerprint density at radius 3 is 2.48 bits per heavy atom. The van der Waals surface area contributed by atoms with Gasteiger partial charge in [0.25, 0.3) is 0 Å². The monoisotopic (exact) mass is 287 g/mol. The number of aliphatic hydroxyl groups is 1. The van der Waals surface area contributed by atoms with E-state index in [4.69, 9.17) is 21.3 Å². The molecule has 1 amide bonds. The Morgan fingerprint density at radius 1 is 1.24 bits per heavy atom. The van der Waals surface area contributed by atoms with E-state index in [1.165, 1.54) is 6.20 Å². The largest absolute Gasteiger partial charge is 0.439 e. The third-order valence-corrected chi connectivity index (χ3v) is 2.90. The van der Waals surface area contributed by atoms with Gasteiger partial charge in [-0.25, -0.2) is 4.98 Å². The van der Waals surface area contributed by atoms with E-state index in [1.54, 1.807) is 24.3 Å². The van der Waals surface area contributed by atoms with Crippen LogP contribution in [0.2, 0.25) is 0 Å². The molecule has 0 saturated carbocycles. The summed E-state index contributed by atoms with van der Waals surface area (Å²) in [5, 5.41) is 8.92. The third-order valence-electron chi connectivity index (χ3n) is 2.90. The van der Waals surface area contributed by atoms with Crippen LogP contribution in [0.3, 0.4) is 0 Å². The number of carbonyl (C=O) groups is 1. The van der Waals surface area contributed by atoms with Crippen molar-refractivity contribution < 1.29 is 14.6 Å². The van der Waals surface area contributed by atoms with Crippen LogP contribution in [0.15, 0.2) is 42.6 Å². The van der Waals surface area contributed by atoms with Crippen molar-refractivity contribution in [3.8, 4) is 11.6 Å². The number of nitrogens with two attached hydrogens (primary N) is 2. The zero-order valence-corrected chi connectivity index (χ0v) is 11.4. The number of aromatic nitrogens is 1. The van der Waals surface area contributed by atoms with Crippen LogP contribution < -0.4 is 16.2 Å². The van der Waals surface area contributed by atoms with Crippen molar-refractivity contribution in [1.82, 2.24) is 4.98 Å².